The van der Waals surface area contributed by atoms with Crippen LogP contribution in [-0.2, 0) is 0 Å². The molecule has 4 N–H and O–H groups in total. The number of nitrogens with one attached hydrogen (secondary N) is 2. The molecule has 0 atom stereocenters. The van der Waals surface area contributed by atoms with Gasteiger partial charge in [0.2, 0.25) is 0 Å². The van der Waals surface area contributed by atoms with E-state index in [0.717, 1.165) is 25.9 Å². The maximum absolute atomic E-state index is 12.5. The number of amides is 2. The molecule has 10 heteroatoms. The first-order valence-corrected chi connectivity index (χ1v) is 8.58. The van der Waals surface area contributed by atoms with Gasteiger partial charge in [0.25, 0.3) is 11.8 Å². The summed E-state index contributed by atoms with van der Waals surface area (Å²) < 4.78 is 1.69. The monoisotopic (exact) mass is 417 g/mol. The lowest BCUT2D eigenvalue weighted by molar-refractivity contribution is 0.0995. The van der Waals surface area contributed by atoms with Crippen molar-refractivity contribution in [3.8, 4) is 0 Å². The normalized spacial score (nSPS) is 14.5. The summed E-state index contributed by atoms with van der Waals surface area (Å²) in [4.78, 5) is 24.2. The van der Waals surface area contributed by atoms with Crippen LogP contribution in [0.3, 0.4) is 0 Å². The van der Waals surface area contributed by atoms with Gasteiger partial charge in [-0.2, -0.15) is 5.10 Å². The van der Waals surface area contributed by atoms with Crippen LogP contribution in [-0.4, -0.2) is 34.7 Å². The molecule has 0 radical (unpaired) electrons. The minimum absolute atomic E-state index is 0. The Hall–Kier alpha value is -1.80. The maximum atomic E-state index is 12.5. The summed E-state index contributed by atoms with van der Waals surface area (Å²) in [6.45, 7) is 1.74. The molecule has 2 amide bonds. The highest BCUT2D eigenvalue weighted by Crippen LogP contribution is 2.27. The number of primary amides is 1. The summed E-state index contributed by atoms with van der Waals surface area (Å²) in [6, 6.07) is 4.92. The number of nitrogens with two attached hydrogens (primary N) is 1. The number of benzene rings is 1. The van der Waals surface area contributed by atoms with Crippen molar-refractivity contribution in [3.05, 3.63) is 45.7 Å². The van der Waals surface area contributed by atoms with Crippen LogP contribution < -0.4 is 16.4 Å². The number of halogens is 3. The first kappa shape index (κ1) is 20.5. The molecule has 0 spiro atoms. The third-order valence-corrected chi connectivity index (χ3v) is 4.72. The number of carbonyl (C=O) groups is 2. The number of hydrogen-bond donors (Lipinski definition) is 3. The van der Waals surface area contributed by atoms with E-state index in [2.05, 4.69) is 15.7 Å². The Morgan fingerprint density at radius 1 is 1.23 bits per heavy atom. The number of carbonyl (C=O) groups excluding carboxylic acids is 2. The smallest absolute Gasteiger partial charge is 0.271 e. The van der Waals surface area contributed by atoms with Gasteiger partial charge >= 0.3 is 0 Å². The average Bonchev–Trinajstić information content (AvgIpc) is 2.99. The molecule has 0 aliphatic carbocycles. The fourth-order valence-electron chi connectivity index (χ4n) is 2.82. The fraction of sp³-hybridized carbons (Fsp3) is 0.312. The molecule has 0 saturated carbocycles. The Balaban J connectivity index is 0.00000243. The van der Waals surface area contributed by atoms with Crippen LogP contribution in [0.15, 0.2) is 24.4 Å². The van der Waals surface area contributed by atoms with Crippen molar-refractivity contribution >= 4 is 53.1 Å². The zero-order chi connectivity index (χ0) is 18.0. The van der Waals surface area contributed by atoms with Crippen LogP contribution in [0.5, 0.6) is 0 Å². The van der Waals surface area contributed by atoms with Crippen molar-refractivity contribution in [3.63, 3.8) is 0 Å². The van der Waals surface area contributed by atoms with Gasteiger partial charge < -0.3 is 16.4 Å². The second kappa shape index (κ2) is 8.73. The van der Waals surface area contributed by atoms with Gasteiger partial charge in [0.1, 0.15) is 0 Å². The Kier molecular flexibility index (Phi) is 6.88. The summed E-state index contributed by atoms with van der Waals surface area (Å²) in [6.07, 6.45) is 3.38. The van der Waals surface area contributed by atoms with Crippen molar-refractivity contribution in [1.29, 1.82) is 0 Å². The van der Waals surface area contributed by atoms with Crippen LogP contribution in [0.4, 0.5) is 5.69 Å². The second-order valence-corrected chi connectivity index (χ2v) is 6.58. The molecule has 2 heterocycles. The predicted molar refractivity (Wildman–Crippen MR) is 104 cm³/mol. The van der Waals surface area contributed by atoms with E-state index < -0.39 is 11.8 Å². The molecular weight excluding hydrogens is 401 g/mol. The van der Waals surface area contributed by atoms with Gasteiger partial charge in [0.05, 0.1) is 27.3 Å². The van der Waals surface area contributed by atoms with Crippen molar-refractivity contribution in [1.82, 2.24) is 15.1 Å². The van der Waals surface area contributed by atoms with E-state index in [4.69, 9.17) is 28.9 Å². The van der Waals surface area contributed by atoms with Crippen LogP contribution in [0.25, 0.3) is 0 Å². The first-order chi connectivity index (χ1) is 12.0. The summed E-state index contributed by atoms with van der Waals surface area (Å²) >= 11 is 12.1. The van der Waals surface area contributed by atoms with E-state index >= 15 is 0 Å². The molecular formula is C16H18Cl3N5O2. The van der Waals surface area contributed by atoms with E-state index in [1.165, 1.54) is 0 Å². The first-order valence-electron chi connectivity index (χ1n) is 7.82. The molecule has 1 aromatic carbocycles. The van der Waals surface area contributed by atoms with Gasteiger partial charge in [0.15, 0.2) is 5.69 Å². The minimum atomic E-state index is -0.715. The Bertz CT molecular complexity index is 798. The van der Waals surface area contributed by atoms with Crippen molar-refractivity contribution in [2.45, 2.75) is 18.9 Å². The zero-order valence-corrected chi connectivity index (χ0v) is 16.0. The largest absolute Gasteiger partial charge is 0.364 e. The minimum Gasteiger partial charge on any atom is -0.364 e. The lowest BCUT2D eigenvalue weighted by Gasteiger charge is -2.22. The van der Waals surface area contributed by atoms with E-state index in [1.54, 1.807) is 29.1 Å². The summed E-state index contributed by atoms with van der Waals surface area (Å²) in [7, 11) is 0. The van der Waals surface area contributed by atoms with Gasteiger partial charge in [-0.25, -0.2) is 0 Å². The fourth-order valence-corrected chi connectivity index (χ4v) is 3.39. The van der Waals surface area contributed by atoms with Crippen molar-refractivity contribution in [2.75, 3.05) is 18.4 Å². The van der Waals surface area contributed by atoms with Gasteiger partial charge in [-0.3, -0.25) is 14.3 Å². The van der Waals surface area contributed by atoms with Crippen molar-refractivity contribution in [2.24, 2.45) is 5.73 Å². The number of rotatable bonds is 4. The van der Waals surface area contributed by atoms with Crippen LogP contribution >= 0.6 is 35.6 Å². The zero-order valence-electron chi connectivity index (χ0n) is 13.7. The Labute approximate surface area is 166 Å². The van der Waals surface area contributed by atoms with Crippen molar-refractivity contribution < 1.29 is 9.59 Å². The predicted octanol–water partition coefficient (Wildman–Crippen LogP) is 2.89. The molecule has 0 bridgehead atoms. The number of anilines is 1. The third-order valence-electron chi connectivity index (χ3n) is 4.09. The molecule has 26 heavy (non-hydrogen) atoms. The maximum Gasteiger partial charge on any atom is 0.271 e. The van der Waals surface area contributed by atoms with E-state index in [-0.39, 0.29) is 45.4 Å². The standard InChI is InChI=1S/C16H17Cl2N5O2.ClH/c17-10-2-1-3-11(18)13(10)16(25)21-12-8-23(22-14(12)15(19)24)9-4-6-20-7-5-9;/h1-3,8-9,20H,4-7H2,(H2,19,24)(H,21,25);1H. The molecule has 1 aliphatic heterocycles. The molecule has 0 unspecified atom stereocenters. The number of piperidine rings is 1. The van der Waals surface area contributed by atoms with Crippen LogP contribution in [0.1, 0.15) is 39.7 Å². The SMILES string of the molecule is Cl.NC(=O)c1nn(C2CCNCC2)cc1NC(=O)c1c(Cl)cccc1Cl. The summed E-state index contributed by atoms with van der Waals surface area (Å²) in [5, 5.41) is 10.6. The number of aromatic nitrogens is 2. The lowest BCUT2D eigenvalue weighted by Crippen LogP contribution is -2.29. The van der Waals surface area contributed by atoms with E-state index in [1.807, 2.05) is 0 Å². The molecule has 3 rings (SSSR count). The molecule has 1 fully saturated rings. The van der Waals surface area contributed by atoms with E-state index in [0.29, 0.717) is 0 Å². The molecule has 7 nitrogen and oxygen atoms in total. The highest BCUT2D eigenvalue weighted by molar-refractivity contribution is 6.40. The Morgan fingerprint density at radius 3 is 2.42 bits per heavy atom. The second-order valence-electron chi connectivity index (χ2n) is 5.77. The van der Waals surface area contributed by atoms with E-state index in [9.17, 15) is 9.59 Å². The summed E-state index contributed by atoms with van der Waals surface area (Å²) in [5.41, 5.74) is 5.79. The number of hydrogen-bond acceptors (Lipinski definition) is 4. The lowest BCUT2D eigenvalue weighted by atomic mass is 10.1. The third kappa shape index (κ3) is 4.29. The highest BCUT2D eigenvalue weighted by atomic mass is 35.5. The van der Waals surface area contributed by atoms with Gasteiger partial charge in [-0.15, -0.1) is 12.4 Å². The molecule has 1 saturated heterocycles. The Morgan fingerprint density at radius 2 is 1.85 bits per heavy atom. The highest BCUT2D eigenvalue weighted by Gasteiger charge is 2.23. The van der Waals surface area contributed by atoms with Gasteiger partial charge in [-0.05, 0) is 38.1 Å². The number of nitrogens with zero attached hydrogens (tertiary/aromatic N) is 2. The van der Waals surface area contributed by atoms with Gasteiger partial charge in [-0.1, -0.05) is 29.3 Å². The molecule has 1 aromatic heterocycles. The van der Waals surface area contributed by atoms with Crippen LogP contribution in [0.2, 0.25) is 10.0 Å². The molecule has 1 aliphatic rings. The average molecular weight is 419 g/mol. The van der Waals surface area contributed by atoms with Gasteiger partial charge in [0, 0.05) is 6.20 Å². The quantitative estimate of drug-likeness (QED) is 0.710. The molecule has 2 aromatic rings. The van der Waals surface area contributed by atoms with Crippen LogP contribution in [0, 0.1) is 0 Å². The molecule has 140 valence electrons. The topological polar surface area (TPSA) is 102 Å². The summed E-state index contributed by atoms with van der Waals surface area (Å²) in [5.74, 6) is -1.24.